The molecule has 0 amide bonds. The van der Waals surface area contributed by atoms with Crippen molar-refractivity contribution >= 4 is 50.0 Å². The Labute approximate surface area is 307 Å². The Balaban J connectivity index is 1.08. The number of allylic oxidation sites excluding steroid dienone is 3. The molecular formula is C50H42N2. The molecular weight excluding hydrogens is 629 g/mol. The van der Waals surface area contributed by atoms with Gasteiger partial charge in [-0.3, -0.25) is 0 Å². The maximum atomic E-state index is 2.58. The normalized spacial score (nSPS) is 16.4. The van der Waals surface area contributed by atoms with Gasteiger partial charge in [0.1, 0.15) is 0 Å². The number of para-hydroxylation sites is 1. The SMILES string of the molecule is CC1(C)C2=C(C=CCC2)N2c3ccc(-c4ccc(N(c5ccc6ccccc6c5)c5ccc6ccccc6c5)cc4)cc3C(C)(C)c3cccc1c32. The van der Waals surface area contributed by atoms with Gasteiger partial charge in [-0.15, -0.1) is 0 Å². The van der Waals surface area contributed by atoms with Crippen LogP contribution < -0.4 is 9.80 Å². The fourth-order valence-corrected chi connectivity index (χ4v) is 9.26. The Morgan fingerprint density at radius 2 is 1.08 bits per heavy atom. The first kappa shape index (κ1) is 30.9. The van der Waals surface area contributed by atoms with Crippen LogP contribution in [0.3, 0.4) is 0 Å². The van der Waals surface area contributed by atoms with Crippen LogP contribution in [0.2, 0.25) is 0 Å². The Morgan fingerprint density at radius 3 is 1.73 bits per heavy atom. The molecule has 10 rings (SSSR count). The topological polar surface area (TPSA) is 6.48 Å². The molecule has 52 heavy (non-hydrogen) atoms. The van der Waals surface area contributed by atoms with Crippen molar-refractivity contribution in [3.63, 3.8) is 0 Å². The smallest absolute Gasteiger partial charge is 0.0543 e. The van der Waals surface area contributed by atoms with Gasteiger partial charge in [0, 0.05) is 33.6 Å². The van der Waals surface area contributed by atoms with Crippen molar-refractivity contribution in [3.05, 3.63) is 186 Å². The van der Waals surface area contributed by atoms with E-state index >= 15 is 0 Å². The quantitative estimate of drug-likeness (QED) is 0.184. The van der Waals surface area contributed by atoms with E-state index in [0.29, 0.717) is 0 Å². The highest BCUT2D eigenvalue weighted by molar-refractivity contribution is 5.93. The van der Waals surface area contributed by atoms with Gasteiger partial charge in [0.2, 0.25) is 0 Å². The molecule has 7 aromatic rings. The summed E-state index contributed by atoms with van der Waals surface area (Å²) in [4.78, 5) is 4.97. The standard InChI is InChI=1S/C50H42N2/c1-49(2)42-16-9-10-19-46(42)52-47-29-24-38(32-45(47)50(3,4)44-18-11-17-43(49)48(44)52)35-20-25-39(26-21-35)51(40-27-22-33-12-5-7-14-36(33)30-40)41-28-23-34-13-6-8-15-37(34)31-41/h5-8,10-15,17-32H,9,16H2,1-4H3. The van der Waals surface area contributed by atoms with Gasteiger partial charge in [0.05, 0.1) is 11.4 Å². The molecule has 0 bridgehead atoms. The number of hydrogen-bond donors (Lipinski definition) is 0. The zero-order valence-corrected chi connectivity index (χ0v) is 30.3. The molecule has 2 heterocycles. The van der Waals surface area contributed by atoms with Crippen molar-refractivity contribution in [1.29, 1.82) is 0 Å². The Bertz CT molecular complexity index is 2560. The predicted molar refractivity (Wildman–Crippen MR) is 221 cm³/mol. The van der Waals surface area contributed by atoms with Crippen LogP contribution in [0.15, 0.2) is 169 Å². The van der Waals surface area contributed by atoms with Crippen molar-refractivity contribution < 1.29 is 0 Å². The molecule has 0 spiro atoms. The first-order chi connectivity index (χ1) is 25.3. The minimum atomic E-state index is -0.150. The van der Waals surface area contributed by atoms with Crippen molar-refractivity contribution in [3.8, 4) is 11.1 Å². The second-order valence-electron chi connectivity index (χ2n) is 15.8. The summed E-state index contributed by atoms with van der Waals surface area (Å²) in [6.45, 7) is 9.66. The third-order valence-electron chi connectivity index (χ3n) is 12.1. The maximum Gasteiger partial charge on any atom is 0.0543 e. The highest BCUT2D eigenvalue weighted by atomic mass is 15.2. The monoisotopic (exact) mass is 670 g/mol. The van der Waals surface area contributed by atoms with Gasteiger partial charge >= 0.3 is 0 Å². The zero-order chi connectivity index (χ0) is 35.2. The fraction of sp³-hybridized carbons (Fsp3) is 0.160. The third-order valence-corrected chi connectivity index (χ3v) is 12.1. The lowest BCUT2D eigenvalue weighted by atomic mass is 9.65. The van der Waals surface area contributed by atoms with Crippen LogP contribution in [0, 0.1) is 0 Å². The van der Waals surface area contributed by atoms with Gasteiger partial charge in [0.25, 0.3) is 0 Å². The van der Waals surface area contributed by atoms with Gasteiger partial charge in [-0.25, -0.2) is 0 Å². The van der Waals surface area contributed by atoms with Gasteiger partial charge < -0.3 is 9.80 Å². The molecule has 0 aromatic heterocycles. The van der Waals surface area contributed by atoms with Gasteiger partial charge in [-0.1, -0.05) is 131 Å². The summed E-state index contributed by atoms with van der Waals surface area (Å²) in [5.41, 5.74) is 15.6. The largest absolute Gasteiger partial charge is 0.310 e. The first-order valence-corrected chi connectivity index (χ1v) is 18.7. The Morgan fingerprint density at radius 1 is 0.500 bits per heavy atom. The summed E-state index contributed by atoms with van der Waals surface area (Å²) in [5.74, 6) is 0. The molecule has 1 aliphatic carbocycles. The predicted octanol–water partition coefficient (Wildman–Crippen LogP) is 13.8. The van der Waals surface area contributed by atoms with E-state index in [1.54, 1.807) is 5.57 Å². The highest BCUT2D eigenvalue weighted by Crippen LogP contribution is 2.59. The average molecular weight is 671 g/mol. The molecule has 0 N–H and O–H groups in total. The lowest BCUT2D eigenvalue weighted by molar-refractivity contribution is 0.555. The zero-order valence-electron chi connectivity index (χ0n) is 30.3. The van der Waals surface area contributed by atoms with Gasteiger partial charge in [0.15, 0.2) is 0 Å². The van der Waals surface area contributed by atoms with Crippen molar-refractivity contribution in [2.24, 2.45) is 0 Å². The molecule has 2 heteroatoms. The number of fused-ring (bicyclic) bond motifs is 5. The van der Waals surface area contributed by atoms with Gasteiger partial charge in [-0.2, -0.15) is 0 Å². The van der Waals surface area contributed by atoms with Crippen LogP contribution in [0.1, 0.15) is 57.2 Å². The molecule has 252 valence electrons. The van der Waals surface area contributed by atoms with Crippen LogP contribution in [-0.2, 0) is 10.8 Å². The molecule has 0 fully saturated rings. The summed E-state index contributed by atoms with van der Waals surface area (Å²) in [7, 11) is 0. The Kier molecular flexibility index (Phi) is 6.73. The lowest BCUT2D eigenvalue weighted by Crippen LogP contribution is -2.40. The summed E-state index contributed by atoms with van der Waals surface area (Å²) >= 11 is 0. The van der Waals surface area contributed by atoms with Gasteiger partial charge in [-0.05, 0) is 122 Å². The lowest BCUT2D eigenvalue weighted by Gasteiger charge is -2.50. The number of rotatable bonds is 4. The van der Waals surface area contributed by atoms with Crippen LogP contribution >= 0.6 is 0 Å². The molecule has 0 radical (unpaired) electrons. The van der Waals surface area contributed by atoms with E-state index in [4.69, 9.17) is 0 Å². The van der Waals surface area contributed by atoms with Crippen molar-refractivity contribution in [2.45, 2.75) is 51.4 Å². The molecule has 7 aromatic carbocycles. The molecule has 0 saturated carbocycles. The fourth-order valence-electron chi connectivity index (χ4n) is 9.26. The second-order valence-corrected chi connectivity index (χ2v) is 15.8. The average Bonchev–Trinajstić information content (AvgIpc) is 3.18. The minimum Gasteiger partial charge on any atom is -0.310 e. The molecule has 0 unspecified atom stereocenters. The van der Waals surface area contributed by atoms with E-state index < -0.39 is 0 Å². The first-order valence-electron chi connectivity index (χ1n) is 18.7. The minimum absolute atomic E-state index is 0.00475. The highest BCUT2D eigenvalue weighted by Gasteiger charge is 2.46. The third kappa shape index (κ3) is 4.57. The summed E-state index contributed by atoms with van der Waals surface area (Å²) in [6.07, 6.45) is 6.96. The van der Waals surface area contributed by atoms with Crippen LogP contribution in [-0.4, -0.2) is 0 Å². The van der Waals surface area contributed by atoms with Crippen molar-refractivity contribution in [2.75, 3.05) is 9.80 Å². The van der Waals surface area contributed by atoms with E-state index in [9.17, 15) is 0 Å². The molecule has 0 saturated heterocycles. The van der Waals surface area contributed by atoms with Crippen LogP contribution in [0.5, 0.6) is 0 Å². The molecule has 3 aliphatic rings. The molecule has 2 nitrogen and oxygen atoms in total. The van der Waals surface area contributed by atoms with Crippen LogP contribution in [0.4, 0.5) is 28.4 Å². The van der Waals surface area contributed by atoms with E-state index in [0.717, 1.165) is 29.9 Å². The molecule has 2 aliphatic heterocycles. The number of nitrogens with zero attached hydrogens (tertiary/aromatic N) is 2. The summed E-state index contributed by atoms with van der Waals surface area (Å²) in [5, 5.41) is 4.96. The summed E-state index contributed by atoms with van der Waals surface area (Å²) in [6, 6.07) is 54.1. The van der Waals surface area contributed by atoms with E-state index in [2.05, 4.69) is 195 Å². The van der Waals surface area contributed by atoms with Crippen molar-refractivity contribution in [1.82, 2.24) is 0 Å². The number of anilines is 5. The number of benzene rings is 7. The van der Waals surface area contributed by atoms with E-state index in [1.165, 1.54) is 66.4 Å². The summed E-state index contributed by atoms with van der Waals surface area (Å²) < 4.78 is 0. The van der Waals surface area contributed by atoms with E-state index in [-0.39, 0.29) is 10.8 Å². The molecule has 0 atom stereocenters. The Hall–Kier alpha value is -5.86. The maximum absolute atomic E-state index is 2.58. The van der Waals surface area contributed by atoms with Crippen LogP contribution in [0.25, 0.3) is 32.7 Å². The number of hydrogen-bond acceptors (Lipinski definition) is 2. The van der Waals surface area contributed by atoms with E-state index in [1.807, 2.05) is 0 Å². The second kappa shape index (κ2) is 11.3.